The Morgan fingerprint density at radius 2 is 1.81 bits per heavy atom. The van der Waals surface area contributed by atoms with Crippen LogP contribution in [-0.4, -0.2) is 43.1 Å². The number of piperidine rings is 1. The largest absolute Gasteiger partial charge is 0.378 e. The molecule has 1 N–H and O–H groups in total. The molecule has 6 nitrogen and oxygen atoms in total. The number of hydrogen-bond donors (Lipinski definition) is 1. The van der Waals surface area contributed by atoms with Crippen molar-refractivity contribution in [2.24, 2.45) is 0 Å². The maximum atomic E-state index is 12.4. The van der Waals surface area contributed by atoms with E-state index in [9.17, 15) is 4.79 Å². The summed E-state index contributed by atoms with van der Waals surface area (Å²) >= 11 is 0. The summed E-state index contributed by atoms with van der Waals surface area (Å²) in [5.74, 6) is 0.690. The fourth-order valence-corrected chi connectivity index (χ4v) is 3.13. The van der Waals surface area contributed by atoms with Gasteiger partial charge in [0.05, 0.1) is 12.2 Å². The number of aryl methyl sites for hydroxylation is 1. The fraction of sp³-hybridized carbons (Fsp3) is 0.450. The molecular weight excluding hydrogens is 326 g/mol. The monoisotopic (exact) mass is 353 g/mol. The molecule has 1 aliphatic rings. The van der Waals surface area contributed by atoms with E-state index < -0.39 is 0 Å². The molecule has 26 heavy (non-hydrogen) atoms. The van der Waals surface area contributed by atoms with Crippen molar-refractivity contribution in [1.29, 1.82) is 0 Å². The van der Waals surface area contributed by atoms with Crippen molar-refractivity contribution in [2.75, 3.05) is 37.0 Å². The Balaban J connectivity index is 1.65. The molecule has 1 saturated heterocycles. The van der Waals surface area contributed by atoms with Gasteiger partial charge in [0, 0.05) is 44.1 Å². The van der Waals surface area contributed by atoms with Gasteiger partial charge in [0.1, 0.15) is 0 Å². The SMILES string of the molecule is Cc1cc(CNC(=O)c2ccc(N(C)C)cc2)nc(N2CCCCC2)n1. The van der Waals surface area contributed by atoms with Gasteiger partial charge in [-0.25, -0.2) is 9.97 Å². The van der Waals surface area contributed by atoms with Gasteiger partial charge < -0.3 is 15.1 Å². The number of rotatable bonds is 5. The molecule has 1 aliphatic heterocycles. The first-order valence-corrected chi connectivity index (χ1v) is 9.18. The van der Waals surface area contributed by atoms with Crippen LogP contribution < -0.4 is 15.1 Å². The second-order valence-corrected chi connectivity index (χ2v) is 6.97. The predicted octanol–water partition coefficient (Wildman–Crippen LogP) is 2.77. The van der Waals surface area contributed by atoms with Gasteiger partial charge in [-0.3, -0.25) is 4.79 Å². The molecule has 0 aliphatic carbocycles. The Labute approximate surface area is 155 Å². The van der Waals surface area contributed by atoms with E-state index >= 15 is 0 Å². The first-order chi connectivity index (χ1) is 12.5. The molecule has 0 bridgehead atoms. The normalized spacial score (nSPS) is 14.2. The fourth-order valence-electron chi connectivity index (χ4n) is 3.13. The summed E-state index contributed by atoms with van der Waals surface area (Å²) in [5.41, 5.74) is 3.49. The number of carbonyl (C=O) groups excluding carboxylic acids is 1. The van der Waals surface area contributed by atoms with Gasteiger partial charge in [-0.1, -0.05) is 0 Å². The molecule has 1 aromatic heterocycles. The Kier molecular flexibility index (Phi) is 5.71. The van der Waals surface area contributed by atoms with E-state index in [0.717, 1.165) is 36.1 Å². The molecule has 0 radical (unpaired) electrons. The highest BCUT2D eigenvalue weighted by molar-refractivity contribution is 5.94. The zero-order valence-corrected chi connectivity index (χ0v) is 15.8. The Morgan fingerprint density at radius 1 is 1.12 bits per heavy atom. The van der Waals surface area contributed by atoms with Crippen molar-refractivity contribution < 1.29 is 4.79 Å². The van der Waals surface area contributed by atoms with E-state index in [4.69, 9.17) is 0 Å². The lowest BCUT2D eigenvalue weighted by molar-refractivity contribution is 0.0950. The molecule has 0 saturated carbocycles. The van der Waals surface area contributed by atoms with Crippen LogP contribution in [0.4, 0.5) is 11.6 Å². The number of amides is 1. The highest BCUT2D eigenvalue weighted by Gasteiger charge is 2.15. The van der Waals surface area contributed by atoms with E-state index in [1.807, 2.05) is 56.3 Å². The summed E-state index contributed by atoms with van der Waals surface area (Å²) < 4.78 is 0. The van der Waals surface area contributed by atoms with Gasteiger partial charge in [-0.15, -0.1) is 0 Å². The zero-order chi connectivity index (χ0) is 18.5. The third-order valence-electron chi connectivity index (χ3n) is 4.61. The Bertz CT molecular complexity index is 751. The van der Waals surface area contributed by atoms with Gasteiger partial charge >= 0.3 is 0 Å². The molecule has 138 valence electrons. The first-order valence-electron chi connectivity index (χ1n) is 9.18. The minimum atomic E-state index is -0.0916. The molecule has 1 fully saturated rings. The molecule has 0 spiro atoms. The molecule has 3 rings (SSSR count). The number of aromatic nitrogens is 2. The van der Waals surface area contributed by atoms with E-state index in [0.29, 0.717) is 12.1 Å². The van der Waals surface area contributed by atoms with Crippen LogP contribution in [0, 0.1) is 6.92 Å². The summed E-state index contributed by atoms with van der Waals surface area (Å²) in [7, 11) is 3.96. The Morgan fingerprint density at radius 3 is 2.46 bits per heavy atom. The van der Waals surface area contributed by atoms with Crippen LogP contribution in [0.3, 0.4) is 0 Å². The maximum Gasteiger partial charge on any atom is 0.251 e. The lowest BCUT2D eigenvalue weighted by Crippen LogP contribution is -2.32. The van der Waals surface area contributed by atoms with Crippen molar-refractivity contribution in [3.8, 4) is 0 Å². The van der Waals surface area contributed by atoms with E-state index in [1.165, 1.54) is 19.3 Å². The molecule has 1 amide bonds. The molecule has 1 aromatic carbocycles. The smallest absolute Gasteiger partial charge is 0.251 e. The highest BCUT2D eigenvalue weighted by Crippen LogP contribution is 2.17. The van der Waals surface area contributed by atoms with Crippen molar-refractivity contribution in [3.63, 3.8) is 0 Å². The lowest BCUT2D eigenvalue weighted by Gasteiger charge is -2.27. The summed E-state index contributed by atoms with van der Waals surface area (Å²) in [6.07, 6.45) is 3.65. The van der Waals surface area contributed by atoms with Gasteiger partial charge in [0.15, 0.2) is 0 Å². The summed E-state index contributed by atoms with van der Waals surface area (Å²) in [6.45, 7) is 4.39. The summed E-state index contributed by atoms with van der Waals surface area (Å²) in [5, 5.41) is 2.96. The van der Waals surface area contributed by atoms with Crippen LogP contribution in [0.5, 0.6) is 0 Å². The van der Waals surface area contributed by atoms with Crippen LogP contribution in [-0.2, 0) is 6.54 Å². The van der Waals surface area contributed by atoms with E-state index in [2.05, 4.69) is 20.2 Å². The second-order valence-electron chi connectivity index (χ2n) is 6.97. The molecule has 2 heterocycles. The van der Waals surface area contributed by atoms with Crippen LogP contribution >= 0.6 is 0 Å². The highest BCUT2D eigenvalue weighted by atomic mass is 16.1. The second kappa shape index (κ2) is 8.17. The number of nitrogens with zero attached hydrogens (tertiary/aromatic N) is 4. The number of anilines is 2. The lowest BCUT2D eigenvalue weighted by atomic mass is 10.1. The minimum absolute atomic E-state index is 0.0916. The topological polar surface area (TPSA) is 61.4 Å². The van der Waals surface area contributed by atoms with Gasteiger partial charge in [0.25, 0.3) is 5.91 Å². The van der Waals surface area contributed by atoms with Crippen molar-refractivity contribution in [3.05, 3.63) is 47.3 Å². The minimum Gasteiger partial charge on any atom is -0.378 e. The number of benzene rings is 1. The molecular formula is C20H27N5O. The standard InChI is InChI=1S/C20H27N5O/c1-15-13-17(23-20(22-15)25-11-5-4-6-12-25)14-21-19(26)16-7-9-18(10-8-16)24(2)3/h7-10,13H,4-6,11-12,14H2,1-3H3,(H,21,26). The first kappa shape index (κ1) is 18.2. The molecule has 2 aromatic rings. The zero-order valence-electron chi connectivity index (χ0n) is 15.8. The number of carbonyl (C=O) groups is 1. The van der Waals surface area contributed by atoms with Crippen LogP contribution in [0.15, 0.2) is 30.3 Å². The van der Waals surface area contributed by atoms with Gasteiger partial charge in [0.2, 0.25) is 5.95 Å². The molecule has 6 heteroatoms. The van der Waals surface area contributed by atoms with E-state index in [-0.39, 0.29) is 5.91 Å². The number of nitrogens with one attached hydrogen (secondary N) is 1. The summed E-state index contributed by atoms with van der Waals surface area (Å²) in [6, 6.07) is 9.50. The third kappa shape index (κ3) is 4.50. The quantitative estimate of drug-likeness (QED) is 0.896. The average molecular weight is 353 g/mol. The van der Waals surface area contributed by atoms with Crippen LogP contribution in [0.1, 0.15) is 41.0 Å². The van der Waals surface area contributed by atoms with Crippen molar-refractivity contribution >= 4 is 17.5 Å². The molecule has 0 atom stereocenters. The third-order valence-corrected chi connectivity index (χ3v) is 4.61. The Hall–Kier alpha value is -2.63. The van der Waals surface area contributed by atoms with Crippen LogP contribution in [0.25, 0.3) is 0 Å². The summed E-state index contributed by atoms with van der Waals surface area (Å²) in [4.78, 5) is 25.9. The van der Waals surface area contributed by atoms with Gasteiger partial charge in [-0.05, 0) is 56.5 Å². The average Bonchev–Trinajstić information content (AvgIpc) is 2.66. The van der Waals surface area contributed by atoms with Crippen molar-refractivity contribution in [2.45, 2.75) is 32.7 Å². The van der Waals surface area contributed by atoms with Crippen LogP contribution in [0.2, 0.25) is 0 Å². The van der Waals surface area contributed by atoms with E-state index in [1.54, 1.807) is 0 Å². The van der Waals surface area contributed by atoms with Crippen molar-refractivity contribution in [1.82, 2.24) is 15.3 Å². The van der Waals surface area contributed by atoms with Gasteiger partial charge in [-0.2, -0.15) is 0 Å². The predicted molar refractivity (Wildman–Crippen MR) is 105 cm³/mol. The number of hydrogen-bond acceptors (Lipinski definition) is 5. The molecule has 0 unspecified atom stereocenters. The maximum absolute atomic E-state index is 12.4.